The maximum atomic E-state index is 13.2. The van der Waals surface area contributed by atoms with Gasteiger partial charge in [-0.2, -0.15) is 0 Å². The Hall–Kier alpha value is -0.550. The van der Waals surface area contributed by atoms with E-state index < -0.39 is 37.4 Å². The van der Waals surface area contributed by atoms with E-state index >= 15 is 0 Å². The molecule has 0 aromatic carbocycles. The van der Waals surface area contributed by atoms with Crippen LogP contribution < -0.4 is 5.32 Å². The van der Waals surface area contributed by atoms with Crippen molar-refractivity contribution in [1.29, 1.82) is 0 Å². The third-order valence-corrected chi connectivity index (χ3v) is 5.30. The monoisotopic (exact) mass is 538 g/mol. The quantitative estimate of drug-likeness (QED) is 0.346. The summed E-state index contributed by atoms with van der Waals surface area (Å²) >= 11 is 34.8. The van der Waals surface area contributed by atoms with E-state index in [9.17, 15) is 14.4 Å². The Morgan fingerprint density at radius 2 is 1.83 bits per heavy atom. The molecule has 0 radical (unpaired) electrons. The van der Waals surface area contributed by atoms with Gasteiger partial charge in [-0.25, -0.2) is 0 Å². The summed E-state index contributed by atoms with van der Waals surface area (Å²) in [4.78, 5) is 38.8. The predicted octanol–water partition coefficient (Wildman–Crippen LogP) is 4.45. The highest BCUT2D eigenvalue weighted by Crippen LogP contribution is 2.36. The van der Waals surface area contributed by atoms with E-state index in [2.05, 4.69) is 11.2 Å². The number of carbonyl (C=O) groups excluding carboxylic acids is 3. The number of nitrogens with zero attached hydrogens (tertiary/aromatic N) is 1. The van der Waals surface area contributed by atoms with Crippen molar-refractivity contribution in [1.82, 2.24) is 10.2 Å². The van der Waals surface area contributed by atoms with Crippen LogP contribution in [0.25, 0.3) is 0 Å². The molecular formula is C18H20Cl6N2O4. The number of alkyl halides is 6. The maximum Gasteiger partial charge on any atom is 0.257 e. The Kier molecular flexibility index (Phi) is 10.9. The zero-order valence-corrected chi connectivity index (χ0v) is 20.4. The molecule has 2 atom stereocenters. The minimum Gasteiger partial charge on any atom is -0.499 e. The van der Waals surface area contributed by atoms with Crippen molar-refractivity contribution in [2.45, 2.75) is 58.2 Å². The smallest absolute Gasteiger partial charge is 0.257 e. The van der Waals surface area contributed by atoms with Crippen LogP contribution in [0.4, 0.5) is 0 Å². The molecule has 0 bridgehead atoms. The van der Waals surface area contributed by atoms with Crippen LogP contribution in [0.15, 0.2) is 11.8 Å². The van der Waals surface area contributed by atoms with Gasteiger partial charge in [0.1, 0.15) is 11.8 Å². The summed E-state index contributed by atoms with van der Waals surface area (Å²) in [6.45, 7) is 0. The summed E-state index contributed by atoms with van der Waals surface area (Å²) in [6, 6.07) is -1.93. The zero-order chi connectivity index (χ0) is 23.1. The van der Waals surface area contributed by atoms with Crippen molar-refractivity contribution in [3.05, 3.63) is 11.8 Å². The number of rotatable bonds is 9. The Bertz CT molecular complexity index is 724. The fraction of sp³-hybridized carbons (Fsp3) is 0.611. The van der Waals surface area contributed by atoms with Crippen LogP contribution in [0, 0.1) is 12.3 Å². The second kappa shape index (κ2) is 11.9. The fourth-order valence-corrected chi connectivity index (χ4v) is 3.44. The standard InChI is InChI=1S/C18H20Cl6N2O4/c1-3-4-5-14(27)25-11(6-8-17(19,20)21)16(29)26-12(7-9-18(22,23)24)13(30-2)10-15(26)28/h1,10-12H,4-9H2,2H3,(H,25,27)/t11-,12-/m1/s1. The summed E-state index contributed by atoms with van der Waals surface area (Å²) in [7, 11) is 1.36. The van der Waals surface area contributed by atoms with Gasteiger partial charge in [0.15, 0.2) is 7.59 Å². The molecule has 1 heterocycles. The van der Waals surface area contributed by atoms with Crippen LogP contribution in [0.3, 0.4) is 0 Å². The lowest BCUT2D eigenvalue weighted by Crippen LogP contribution is -2.52. The van der Waals surface area contributed by atoms with E-state index in [1.165, 1.54) is 13.2 Å². The molecule has 6 nitrogen and oxygen atoms in total. The molecule has 3 amide bonds. The lowest BCUT2D eigenvalue weighted by molar-refractivity contribution is -0.146. The minimum atomic E-state index is -1.65. The number of nitrogens with one attached hydrogen (secondary N) is 1. The first-order valence-corrected chi connectivity index (χ1v) is 11.0. The molecule has 168 valence electrons. The van der Waals surface area contributed by atoms with Gasteiger partial charge in [-0.05, 0) is 25.7 Å². The topological polar surface area (TPSA) is 75.7 Å². The van der Waals surface area contributed by atoms with Gasteiger partial charge in [-0.1, -0.05) is 69.6 Å². The largest absolute Gasteiger partial charge is 0.499 e. The average Bonchev–Trinajstić information content (AvgIpc) is 2.95. The molecule has 1 N–H and O–H groups in total. The van der Waals surface area contributed by atoms with E-state index in [1.54, 1.807) is 0 Å². The summed E-state index contributed by atoms with van der Waals surface area (Å²) in [5, 5.41) is 2.55. The minimum absolute atomic E-state index is 0.000256. The first kappa shape index (κ1) is 27.5. The number of amides is 3. The molecular weight excluding hydrogens is 521 g/mol. The Morgan fingerprint density at radius 1 is 1.23 bits per heavy atom. The lowest BCUT2D eigenvalue weighted by Gasteiger charge is -2.30. The van der Waals surface area contributed by atoms with Crippen LogP contribution in [0.2, 0.25) is 0 Å². The fourth-order valence-electron chi connectivity index (χ4n) is 2.78. The first-order valence-electron chi connectivity index (χ1n) is 8.78. The molecule has 0 aromatic heterocycles. The number of halogens is 6. The van der Waals surface area contributed by atoms with Gasteiger partial charge in [0.05, 0.1) is 13.2 Å². The number of carbonyl (C=O) groups is 3. The van der Waals surface area contributed by atoms with Gasteiger partial charge in [-0.3, -0.25) is 19.3 Å². The van der Waals surface area contributed by atoms with E-state index in [4.69, 9.17) is 80.8 Å². The molecule has 0 saturated carbocycles. The molecule has 0 aromatic rings. The van der Waals surface area contributed by atoms with Gasteiger partial charge in [-0.15, -0.1) is 12.3 Å². The zero-order valence-electron chi connectivity index (χ0n) is 15.9. The van der Waals surface area contributed by atoms with Crippen LogP contribution >= 0.6 is 69.6 Å². The Labute approximate surface area is 205 Å². The molecule has 1 aliphatic heterocycles. The van der Waals surface area contributed by atoms with Gasteiger partial charge >= 0.3 is 0 Å². The number of imide groups is 1. The Morgan fingerprint density at radius 3 is 2.33 bits per heavy atom. The van der Waals surface area contributed by atoms with E-state index in [1.807, 2.05) is 0 Å². The van der Waals surface area contributed by atoms with Crippen LogP contribution in [-0.2, 0) is 19.1 Å². The summed E-state index contributed by atoms with van der Waals surface area (Å²) in [5.41, 5.74) is 0. The molecule has 0 unspecified atom stereocenters. The number of ether oxygens (including phenoxy) is 1. The van der Waals surface area contributed by atoms with Crippen molar-refractivity contribution in [3.63, 3.8) is 0 Å². The Balaban J connectivity index is 3.08. The normalized spacial score (nSPS) is 17.9. The molecule has 30 heavy (non-hydrogen) atoms. The second-order valence-corrected chi connectivity index (χ2v) is 11.5. The lowest BCUT2D eigenvalue weighted by atomic mass is 10.1. The number of hydrogen-bond acceptors (Lipinski definition) is 4. The highest BCUT2D eigenvalue weighted by atomic mass is 35.6. The molecule has 0 spiro atoms. The average molecular weight is 541 g/mol. The van der Waals surface area contributed by atoms with Crippen LogP contribution in [-0.4, -0.2) is 49.4 Å². The summed E-state index contributed by atoms with van der Waals surface area (Å²) in [5.74, 6) is 0.784. The molecule has 1 aliphatic rings. The van der Waals surface area contributed by atoms with E-state index in [0.717, 1.165) is 4.90 Å². The molecule has 0 fully saturated rings. The highest BCUT2D eigenvalue weighted by Gasteiger charge is 2.42. The number of methoxy groups -OCH3 is 1. The maximum absolute atomic E-state index is 13.2. The third kappa shape index (κ3) is 9.30. The molecule has 0 aliphatic carbocycles. The predicted molar refractivity (Wildman–Crippen MR) is 120 cm³/mol. The number of terminal acetylenes is 1. The number of hydrogen-bond donors (Lipinski definition) is 1. The van der Waals surface area contributed by atoms with E-state index in [-0.39, 0.29) is 44.3 Å². The van der Waals surface area contributed by atoms with Gasteiger partial charge < -0.3 is 10.1 Å². The highest BCUT2D eigenvalue weighted by molar-refractivity contribution is 6.67. The van der Waals surface area contributed by atoms with Crippen molar-refractivity contribution in [3.8, 4) is 12.3 Å². The third-order valence-electron chi connectivity index (χ3n) is 4.16. The van der Waals surface area contributed by atoms with Gasteiger partial charge in [0.25, 0.3) is 11.8 Å². The molecule has 12 heteroatoms. The SMILES string of the molecule is C#CCCC(=O)N[C@H](CCC(Cl)(Cl)Cl)C(=O)N1C(=O)C=C(OC)[C@H]1CCC(Cl)(Cl)Cl. The van der Waals surface area contributed by atoms with Crippen LogP contribution in [0.5, 0.6) is 0 Å². The van der Waals surface area contributed by atoms with Crippen molar-refractivity contribution in [2.75, 3.05) is 7.11 Å². The van der Waals surface area contributed by atoms with Gasteiger partial charge in [0, 0.05) is 18.9 Å². The second-order valence-electron chi connectivity index (χ2n) is 6.45. The molecule has 0 saturated heterocycles. The first-order chi connectivity index (χ1) is 13.8. The van der Waals surface area contributed by atoms with Gasteiger partial charge in [0.2, 0.25) is 5.91 Å². The molecule has 1 rings (SSSR count). The summed E-state index contributed by atoms with van der Waals surface area (Å²) < 4.78 is 1.98. The van der Waals surface area contributed by atoms with Crippen LogP contribution in [0.1, 0.15) is 38.5 Å². The summed E-state index contributed by atoms with van der Waals surface area (Å²) in [6.07, 6.45) is 6.63. The van der Waals surface area contributed by atoms with Crippen molar-refractivity contribution in [2.24, 2.45) is 0 Å². The van der Waals surface area contributed by atoms with Crippen molar-refractivity contribution < 1.29 is 19.1 Å². The van der Waals surface area contributed by atoms with E-state index in [0.29, 0.717) is 0 Å². The van der Waals surface area contributed by atoms with Crippen molar-refractivity contribution >= 4 is 87.3 Å².